The Balaban J connectivity index is 2.18. The number of hydrogen-bond acceptors (Lipinski definition) is 2. The van der Waals surface area contributed by atoms with Crippen molar-refractivity contribution in [3.8, 4) is 0 Å². The van der Waals surface area contributed by atoms with E-state index in [1.165, 1.54) is 18.4 Å². The smallest absolute Gasteiger partial charge is 0.170 e. The molecule has 4 heteroatoms. The van der Waals surface area contributed by atoms with Crippen LogP contribution in [0.25, 0.3) is 0 Å². The van der Waals surface area contributed by atoms with Crippen LogP contribution in [-0.4, -0.2) is 5.78 Å². The van der Waals surface area contributed by atoms with Crippen molar-refractivity contribution >= 4 is 17.4 Å². The topological polar surface area (TPSA) is 30.2 Å². The van der Waals surface area contributed by atoms with Gasteiger partial charge < -0.3 is 4.42 Å². The number of ketones is 1. The summed E-state index contributed by atoms with van der Waals surface area (Å²) in [5, 5.41) is 0.00884. The Kier molecular flexibility index (Phi) is 3.06. The molecule has 0 aliphatic rings. The molecule has 0 aliphatic heterocycles. The molecule has 0 fully saturated rings. The Morgan fingerprint density at radius 1 is 1.38 bits per heavy atom. The second kappa shape index (κ2) is 4.49. The van der Waals surface area contributed by atoms with Crippen LogP contribution in [0.1, 0.15) is 16.1 Å². The molecule has 0 atom stereocenters. The molecule has 0 saturated carbocycles. The minimum absolute atomic E-state index is 0.00884. The fourth-order valence-corrected chi connectivity index (χ4v) is 1.46. The van der Waals surface area contributed by atoms with Crippen molar-refractivity contribution in [1.82, 2.24) is 0 Å². The molecule has 0 unspecified atom stereocenters. The molecule has 0 aliphatic carbocycles. The number of carbonyl (C=O) groups is 1. The van der Waals surface area contributed by atoms with Gasteiger partial charge >= 0.3 is 0 Å². The van der Waals surface area contributed by atoms with Crippen LogP contribution in [-0.2, 0) is 6.42 Å². The maximum atomic E-state index is 13.1. The average Bonchev–Trinajstić information content (AvgIpc) is 2.74. The molecular formula is C12H8ClFO2. The highest BCUT2D eigenvalue weighted by Crippen LogP contribution is 2.17. The van der Waals surface area contributed by atoms with E-state index in [0.717, 1.165) is 6.07 Å². The van der Waals surface area contributed by atoms with Crippen LogP contribution in [0.4, 0.5) is 4.39 Å². The van der Waals surface area contributed by atoms with Crippen LogP contribution in [0.5, 0.6) is 0 Å². The van der Waals surface area contributed by atoms with Gasteiger partial charge in [-0.25, -0.2) is 4.39 Å². The van der Waals surface area contributed by atoms with Gasteiger partial charge in [0.2, 0.25) is 0 Å². The van der Waals surface area contributed by atoms with Gasteiger partial charge in [0.1, 0.15) is 11.6 Å². The van der Waals surface area contributed by atoms with Crippen LogP contribution < -0.4 is 0 Å². The minimum atomic E-state index is -0.591. The molecule has 0 radical (unpaired) electrons. The van der Waals surface area contributed by atoms with Crippen molar-refractivity contribution in [2.24, 2.45) is 0 Å². The summed E-state index contributed by atoms with van der Waals surface area (Å²) in [6.07, 6.45) is 1.61. The van der Waals surface area contributed by atoms with E-state index in [4.69, 9.17) is 16.0 Å². The fraction of sp³-hybridized carbons (Fsp3) is 0.0833. The number of halogens is 2. The van der Waals surface area contributed by atoms with Crippen molar-refractivity contribution in [2.75, 3.05) is 0 Å². The molecule has 2 nitrogen and oxygen atoms in total. The molecule has 1 aromatic heterocycles. The van der Waals surface area contributed by atoms with E-state index in [2.05, 4.69) is 0 Å². The summed E-state index contributed by atoms with van der Waals surface area (Å²) in [6, 6.07) is 7.39. The molecule has 1 aromatic carbocycles. The molecule has 0 saturated heterocycles. The van der Waals surface area contributed by atoms with Gasteiger partial charge in [0.15, 0.2) is 5.78 Å². The highest BCUT2D eigenvalue weighted by Gasteiger charge is 2.11. The van der Waals surface area contributed by atoms with Gasteiger partial charge in [-0.05, 0) is 30.3 Å². The number of hydrogen-bond donors (Lipinski definition) is 0. The van der Waals surface area contributed by atoms with Gasteiger partial charge in [-0.15, -0.1) is 0 Å². The standard InChI is InChI=1S/C12H8ClFO2/c13-10-4-3-8(6-11(10)14)12(15)7-9-2-1-5-16-9/h1-6H,7H2. The normalized spacial score (nSPS) is 10.4. The highest BCUT2D eigenvalue weighted by atomic mass is 35.5. The predicted octanol–water partition coefficient (Wildman–Crippen LogP) is 3.50. The number of carbonyl (C=O) groups excluding carboxylic acids is 1. The van der Waals surface area contributed by atoms with Gasteiger partial charge in [-0.2, -0.15) is 0 Å². The fourth-order valence-electron chi connectivity index (χ4n) is 1.34. The molecule has 0 amide bonds. The molecule has 2 rings (SSSR count). The summed E-state index contributed by atoms with van der Waals surface area (Å²) >= 11 is 5.52. The van der Waals surface area contributed by atoms with E-state index in [-0.39, 0.29) is 17.2 Å². The van der Waals surface area contributed by atoms with Gasteiger partial charge in [0, 0.05) is 5.56 Å². The predicted molar refractivity (Wildman–Crippen MR) is 58.2 cm³/mol. The third-order valence-corrected chi connectivity index (χ3v) is 2.46. The lowest BCUT2D eigenvalue weighted by Gasteiger charge is -2.00. The zero-order chi connectivity index (χ0) is 11.5. The number of Topliss-reactive ketones (excluding diaryl/α,β-unsaturated/α-hetero) is 1. The van der Waals surface area contributed by atoms with Gasteiger partial charge in [-0.3, -0.25) is 4.79 Å². The van der Waals surface area contributed by atoms with E-state index >= 15 is 0 Å². The van der Waals surface area contributed by atoms with E-state index in [0.29, 0.717) is 11.3 Å². The van der Waals surface area contributed by atoms with E-state index in [1.807, 2.05) is 0 Å². The lowest BCUT2D eigenvalue weighted by molar-refractivity contribution is 0.0986. The summed E-state index contributed by atoms with van der Waals surface area (Å²) in [5.41, 5.74) is 0.290. The van der Waals surface area contributed by atoms with Crippen molar-refractivity contribution in [2.45, 2.75) is 6.42 Å². The first-order valence-electron chi connectivity index (χ1n) is 4.67. The van der Waals surface area contributed by atoms with Crippen molar-refractivity contribution in [3.05, 3.63) is 58.8 Å². The van der Waals surface area contributed by atoms with Crippen LogP contribution in [0.2, 0.25) is 5.02 Å². The summed E-state index contributed by atoms with van der Waals surface area (Å²) in [6.45, 7) is 0. The van der Waals surface area contributed by atoms with Gasteiger partial charge in [0.25, 0.3) is 0 Å². The summed E-state index contributed by atoms with van der Waals surface area (Å²) < 4.78 is 18.1. The third kappa shape index (κ3) is 2.31. The first-order chi connectivity index (χ1) is 7.66. The lowest BCUT2D eigenvalue weighted by Crippen LogP contribution is -2.03. The molecule has 16 heavy (non-hydrogen) atoms. The Morgan fingerprint density at radius 3 is 2.81 bits per heavy atom. The van der Waals surface area contributed by atoms with Crippen LogP contribution in [0.15, 0.2) is 41.0 Å². The van der Waals surface area contributed by atoms with Crippen LogP contribution in [0, 0.1) is 5.82 Å². The van der Waals surface area contributed by atoms with Crippen molar-refractivity contribution in [3.63, 3.8) is 0 Å². The quantitative estimate of drug-likeness (QED) is 0.766. The minimum Gasteiger partial charge on any atom is -0.469 e. The molecule has 0 spiro atoms. The van der Waals surface area contributed by atoms with Gasteiger partial charge in [-0.1, -0.05) is 11.6 Å². The monoisotopic (exact) mass is 238 g/mol. The average molecular weight is 239 g/mol. The highest BCUT2D eigenvalue weighted by molar-refractivity contribution is 6.30. The summed E-state index contributed by atoms with van der Waals surface area (Å²) in [5.74, 6) is -0.238. The number of benzene rings is 1. The van der Waals surface area contributed by atoms with Crippen molar-refractivity contribution < 1.29 is 13.6 Å². The molecule has 2 aromatic rings. The van der Waals surface area contributed by atoms with E-state index in [1.54, 1.807) is 12.1 Å². The zero-order valence-electron chi connectivity index (χ0n) is 8.24. The Labute approximate surface area is 96.6 Å². The maximum Gasteiger partial charge on any atom is 0.170 e. The Morgan fingerprint density at radius 2 is 2.19 bits per heavy atom. The first kappa shape index (κ1) is 10.9. The molecule has 1 heterocycles. The number of furan rings is 1. The third-order valence-electron chi connectivity index (χ3n) is 2.16. The maximum absolute atomic E-state index is 13.1. The lowest BCUT2D eigenvalue weighted by atomic mass is 10.1. The number of rotatable bonds is 3. The molecule has 0 bridgehead atoms. The molecule has 82 valence electrons. The Hall–Kier alpha value is -1.61. The van der Waals surface area contributed by atoms with Crippen molar-refractivity contribution in [1.29, 1.82) is 0 Å². The Bertz CT molecular complexity index is 506. The summed E-state index contributed by atoms with van der Waals surface area (Å²) in [4.78, 5) is 11.7. The second-order valence-corrected chi connectivity index (χ2v) is 3.72. The largest absolute Gasteiger partial charge is 0.469 e. The van der Waals surface area contributed by atoms with Crippen LogP contribution >= 0.6 is 11.6 Å². The zero-order valence-corrected chi connectivity index (χ0v) is 9.00. The summed E-state index contributed by atoms with van der Waals surface area (Å²) in [7, 11) is 0. The SMILES string of the molecule is O=C(Cc1ccco1)c1ccc(Cl)c(F)c1. The van der Waals surface area contributed by atoms with E-state index in [9.17, 15) is 9.18 Å². The van der Waals surface area contributed by atoms with E-state index < -0.39 is 5.82 Å². The van der Waals surface area contributed by atoms with Crippen LogP contribution in [0.3, 0.4) is 0 Å². The van der Waals surface area contributed by atoms with Gasteiger partial charge in [0.05, 0.1) is 17.7 Å². The first-order valence-corrected chi connectivity index (χ1v) is 5.05. The molecule has 0 N–H and O–H groups in total. The molecular weight excluding hydrogens is 231 g/mol. The second-order valence-electron chi connectivity index (χ2n) is 3.31.